The SMILES string of the molecule is CC1CN(C(=O)N2CCSCC2C(=O)O)CC(C)S1. The van der Waals surface area contributed by atoms with Gasteiger partial charge in [-0.25, -0.2) is 9.59 Å². The third-order valence-electron chi connectivity index (χ3n) is 3.35. The Morgan fingerprint density at radius 1 is 1.21 bits per heavy atom. The fourth-order valence-electron chi connectivity index (χ4n) is 2.55. The van der Waals surface area contributed by atoms with Crippen LogP contribution < -0.4 is 0 Å². The summed E-state index contributed by atoms with van der Waals surface area (Å²) in [4.78, 5) is 27.1. The maximum absolute atomic E-state index is 12.5. The predicted octanol–water partition coefficient (Wildman–Crippen LogP) is 1.43. The molecule has 2 aliphatic rings. The van der Waals surface area contributed by atoms with Crippen molar-refractivity contribution < 1.29 is 14.7 Å². The molecule has 5 nitrogen and oxygen atoms in total. The van der Waals surface area contributed by atoms with E-state index in [1.54, 1.807) is 11.8 Å². The van der Waals surface area contributed by atoms with Crippen molar-refractivity contribution >= 4 is 35.5 Å². The second kappa shape index (κ2) is 6.26. The van der Waals surface area contributed by atoms with Crippen molar-refractivity contribution in [1.82, 2.24) is 9.80 Å². The van der Waals surface area contributed by atoms with Gasteiger partial charge in [-0.1, -0.05) is 13.8 Å². The van der Waals surface area contributed by atoms with Gasteiger partial charge < -0.3 is 14.9 Å². The largest absolute Gasteiger partial charge is 0.480 e. The number of hydrogen-bond acceptors (Lipinski definition) is 4. The van der Waals surface area contributed by atoms with Gasteiger partial charge in [-0.15, -0.1) is 0 Å². The molecule has 7 heteroatoms. The number of carboxylic acids is 1. The maximum Gasteiger partial charge on any atom is 0.327 e. The van der Waals surface area contributed by atoms with Gasteiger partial charge in [0.05, 0.1) is 0 Å². The van der Waals surface area contributed by atoms with E-state index < -0.39 is 12.0 Å². The van der Waals surface area contributed by atoms with Crippen LogP contribution in [0.25, 0.3) is 0 Å². The number of amides is 2. The highest BCUT2D eigenvalue weighted by Gasteiger charge is 2.36. The molecule has 0 saturated carbocycles. The molecule has 0 bridgehead atoms. The average molecular weight is 304 g/mol. The molecule has 19 heavy (non-hydrogen) atoms. The third-order valence-corrected chi connectivity index (χ3v) is 5.60. The molecule has 2 aliphatic heterocycles. The zero-order chi connectivity index (χ0) is 14.0. The van der Waals surface area contributed by atoms with Crippen LogP contribution in [0.4, 0.5) is 4.79 Å². The van der Waals surface area contributed by atoms with Crippen LogP contribution in [0.1, 0.15) is 13.8 Å². The topological polar surface area (TPSA) is 60.9 Å². The van der Waals surface area contributed by atoms with E-state index in [0.717, 1.165) is 5.75 Å². The van der Waals surface area contributed by atoms with Crippen LogP contribution in [0.5, 0.6) is 0 Å². The number of carbonyl (C=O) groups excluding carboxylic acids is 1. The first kappa shape index (κ1) is 14.8. The van der Waals surface area contributed by atoms with Gasteiger partial charge in [-0.3, -0.25) is 0 Å². The summed E-state index contributed by atoms with van der Waals surface area (Å²) in [5.41, 5.74) is 0. The van der Waals surface area contributed by atoms with E-state index in [0.29, 0.717) is 35.9 Å². The zero-order valence-corrected chi connectivity index (χ0v) is 12.9. The number of nitrogens with zero attached hydrogens (tertiary/aromatic N) is 2. The lowest BCUT2D eigenvalue weighted by atomic mass is 10.2. The molecule has 0 aromatic rings. The summed E-state index contributed by atoms with van der Waals surface area (Å²) in [5, 5.41) is 10.1. The van der Waals surface area contributed by atoms with Crippen molar-refractivity contribution in [3.05, 3.63) is 0 Å². The number of hydrogen-bond donors (Lipinski definition) is 1. The van der Waals surface area contributed by atoms with Crippen LogP contribution in [-0.2, 0) is 4.79 Å². The standard InChI is InChI=1S/C12H20N2O3S2/c1-8-5-13(6-9(2)19-8)12(17)14-3-4-18-7-10(14)11(15)16/h8-10H,3-7H2,1-2H3,(H,15,16). The summed E-state index contributed by atoms with van der Waals surface area (Å²) in [6.07, 6.45) is 0. The van der Waals surface area contributed by atoms with E-state index in [2.05, 4.69) is 13.8 Å². The molecule has 3 unspecified atom stereocenters. The molecule has 2 fully saturated rings. The van der Waals surface area contributed by atoms with Crippen molar-refractivity contribution in [3.8, 4) is 0 Å². The van der Waals surface area contributed by atoms with Gasteiger partial charge in [0.2, 0.25) is 0 Å². The number of urea groups is 1. The summed E-state index contributed by atoms with van der Waals surface area (Å²) in [6.45, 7) is 6.18. The minimum atomic E-state index is -0.895. The molecular formula is C12H20N2O3S2. The Balaban J connectivity index is 2.06. The van der Waals surface area contributed by atoms with Crippen molar-refractivity contribution in [2.45, 2.75) is 30.4 Å². The minimum absolute atomic E-state index is 0.105. The minimum Gasteiger partial charge on any atom is -0.480 e. The highest BCUT2D eigenvalue weighted by Crippen LogP contribution is 2.26. The molecule has 108 valence electrons. The normalized spacial score (nSPS) is 32.2. The second-order valence-electron chi connectivity index (χ2n) is 5.07. The van der Waals surface area contributed by atoms with Crippen LogP contribution in [0.15, 0.2) is 0 Å². The molecule has 2 saturated heterocycles. The van der Waals surface area contributed by atoms with Crippen molar-refractivity contribution in [2.24, 2.45) is 0 Å². The molecular weight excluding hydrogens is 284 g/mol. The first-order valence-corrected chi connectivity index (χ1v) is 8.60. The van der Waals surface area contributed by atoms with Gasteiger partial charge in [0.25, 0.3) is 0 Å². The Labute approximate surface area is 122 Å². The van der Waals surface area contributed by atoms with Crippen molar-refractivity contribution in [2.75, 3.05) is 31.1 Å². The Kier molecular flexibility index (Phi) is 4.89. The molecule has 3 atom stereocenters. The number of aliphatic carboxylic acids is 1. The average Bonchev–Trinajstić information content (AvgIpc) is 2.36. The Hall–Kier alpha value is -0.560. The Bertz CT molecular complexity index is 357. The van der Waals surface area contributed by atoms with Gasteiger partial charge in [-0.2, -0.15) is 23.5 Å². The molecule has 0 aromatic heterocycles. The van der Waals surface area contributed by atoms with Crippen LogP contribution >= 0.6 is 23.5 Å². The molecule has 2 heterocycles. The summed E-state index contributed by atoms with van der Waals surface area (Å²) >= 11 is 3.49. The predicted molar refractivity (Wildman–Crippen MR) is 78.9 cm³/mol. The molecule has 0 aliphatic carbocycles. The van der Waals surface area contributed by atoms with Crippen LogP contribution in [-0.4, -0.2) is 74.6 Å². The summed E-state index contributed by atoms with van der Waals surface area (Å²) in [5.74, 6) is 0.422. The quantitative estimate of drug-likeness (QED) is 0.794. The highest BCUT2D eigenvalue weighted by molar-refractivity contribution is 8.00. The number of thioether (sulfide) groups is 2. The number of rotatable bonds is 1. The van der Waals surface area contributed by atoms with E-state index >= 15 is 0 Å². The van der Waals surface area contributed by atoms with Crippen LogP contribution in [0, 0.1) is 0 Å². The van der Waals surface area contributed by atoms with E-state index in [4.69, 9.17) is 0 Å². The fraction of sp³-hybridized carbons (Fsp3) is 0.833. The Morgan fingerprint density at radius 2 is 1.84 bits per heavy atom. The van der Waals surface area contributed by atoms with E-state index in [1.807, 2.05) is 16.7 Å². The smallest absolute Gasteiger partial charge is 0.327 e. The summed E-state index contributed by atoms with van der Waals surface area (Å²) < 4.78 is 0. The lowest BCUT2D eigenvalue weighted by Gasteiger charge is -2.40. The van der Waals surface area contributed by atoms with Gasteiger partial charge in [0.15, 0.2) is 0 Å². The maximum atomic E-state index is 12.5. The second-order valence-corrected chi connectivity index (χ2v) is 8.10. The first-order chi connectivity index (χ1) is 8.99. The molecule has 2 amide bonds. The molecule has 0 aromatic carbocycles. The van der Waals surface area contributed by atoms with E-state index in [9.17, 15) is 14.7 Å². The first-order valence-electron chi connectivity index (χ1n) is 6.50. The van der Waals surface area contributed by atoms with E-state index in [-0.39, 0.29) is 6.03 Å². The van der Waals surface area contributed by atoms with Gasteiger partial charge in [-0.05, 0) is 0 Å². The van der Waals surface area contributed by atoms with Crippen molar-refractivity contribution in [1.29, 1.82) is 0 Å². The Morgan fingerprint density at radius 3 is 2.42 bits per heavy atom. The number of carbonyl (C=O) groups is 2. The van der Waals surface area contributed by atoms with E-state index in [1.165, 1.54) is 4.90 Å². The fourth-order valence-corrected chi connectivity index (χ4v) is 4.92. The molecule has 2 rings (SSSR count). The zero-order valence-electron chi connectivity index (χ0n) is 11.2. The van der Waals surface area contributed by atoms with Gasteiger partial charge >= 0.3 is 12.0 Å². The lowest BCUT2D eigenvalue weighted by molar-refractivity contribution is -0.141. The monoisotopic (exact) mass is 304 g/mol. The summed E-state index contributed by atoms with van der Waals surface area (Å²) in [6, 6.07) is -0.779. The molecule has 0 spiro atoms. The third kappa shape index (κ3) is 3.51. The molecule has 1 N–H and O–H groups in total. The van der Waals surface area contributed by atoms with Crippen LogP contribution in [0.3, 0.4) is 0 Å². The summed E-state index contributed by atoms with van der Waals surface area (Å²) in [7, 11) is 0. The van der Waals surface area contributed by atoms with Crippen molar-refractivity contribution in [3.63, 3.8) is 0 Å². The number of carboxylic acid groups (broad SMARTS) is 1. The highest BCUT2D eigenvalue weighted by atomic mass is 32.2. The molecule has 0 radical (unpaired) electrons. The lowest BCUT2D eigenvalue weighted by Crippen LogP contribution is -2.57. The van der Waals surface area contributed by atoms with Gasteiger partial charge in [0, 0.05) is 41.6 Å². The van der Waals surface area contributed by atoms with Gasteiger partial charge in [0.1, 0.15) is 6.04 Å². The van der Waals surface area contributed by atoms with Crippen LogP contribution in [0.2, 0.25) is 0 Å².